The molecule has 0 fully saturated rings. The molecular formula is C12H20ClN3O. The number of imidazole rings is 1. The minimum Gasteiger partial charge on any atom is -0.347 e. The summed E-state index contributed by atoms with van der Waals surface area (Å²) in [5.41, 5.74) is 0.553. The summed E-state index contributed by atoms with van der Waals surface area (Å²) in [7, 11) is 1.80. The maximum absolute atomic E-state index is 12.0. The topological polar surface area (TPSA) is 46.9 Å². The third-order valence-electron chi connectivity index (χ3n) is 2.80. The van der Waals surface area contributed by atoms with E-state index < -0.39 is 0 Å². The van der Waals surface area contributed by atoms with Crippen molar-refractivity contribution in [3.05, 3.63) is 18.2 Å². The van der Waals surface area contributed by atoms with E-state index >= 15 is 0 Å². The van der Waals surface area contributed by atoms with Crippen LogP contribution in [-0.2, 0) is 7.05 Å². The van der Waals surface area contributed by atoms with Gasteiger partial charge < -0.3 is 9.88 Å². The summed E-state index contributed by atoms with van der Waals surface area (Å²) in [6, 6.07) is 0.0578. The number of nitrogens with one attached hydrogen (secondary N) is 1. The number of aromatic nitrogens is 2. The maximum atomic E-state index is 12.0. The van der Waals surface area contributed by atoms with Gasteiger partial charge in [0.1, 0.15) is 5.69 Å². The molecule has 17 heavy (non-hydrogen) atoms. The number of carbonyl (C=O) groups excluding carboxylic acids is 1. The molecule has 0 aromatic carbocycles. The van der Waals surface area contributed by atoms with Gasteiger partial charge in [-0.2, -0.15) is 0 Å². The summed E-state index contributed by atoms with van der Waals surface area (Å²) in [5.74, 6) is 0.434. The van der Waals surface area contributed by atoms with Gasteiger partial charge >= 0.3 is 0 Å². The normalized spacial score (nSPS) is 13.5. The molecule has 1 atom stereocenters. The van der Waals surface area contributed by atoms with E-state index in [0.29, 0.717) is 11.6 Å². The molecule has 96 valence electrons. The molecule has 0 spiro atoms. The molecule has 1 unspecified atom stereocenters. The molecule has 0 aliphatic heterocycles. The largest absolute Gasteiger partial charge is 0.347 e. The van der Waals surface area contributed by atoms with Gasteiger partial charge in [0.2, 0.25) is 0 Å². The Morgan fingerprint density at radius 1 is 1.59 bits per heavy atom. The number of aryl methyl sites for hydroxylation is 1. The highest BCUT2D eigenvalue weighted by Gasteiger charge is 2.26. The van der Waals surface area contributed by atoms with Crippen molar-refractivity contribution < 1.29 is 4.79 Å². The molecule has 1 heterocycles. The summed E-state index contributed by atoms with van der Waals surface area (Å²) in [5, 5.41) is 3.02. The first kappa shape index (κ1) is 14.0. The Bertz CT molecular complexity index is 381. The minimum absolute atomic E-state index is 0.0108. The Hall–Kier alpha value is -1.03. The first-order valence-electron chi connectivity index (χ1n) is 5.69. The van der Waals surface area contributed by atoms with Gasteiger partial charge in [-0.1, -0.05) is 20.8 Å². The summed E-state index contributed by atoms with van der Waals surface area (Å²) >= 11 is 5.77. The standard InChI is InChI=1S/C12H20ClN3O/c1-12(2,3)10(5-6-13)15-11(17)9-7-14-8-16(9)4/h7-8,10H,5-6H2,1-4H3,(H,15,17). The molecule has 1 aromatic rings. The number of alkyl halides is 1. The lowest BCUT2D eigenvalue weighted by molar-refractivity contribution is 0.0892. The molecule has 0 bridgehead atoms. The number of halogens is 1. The maximum Gasteiger partial charge on any atom is 0.269 e. The van der Waals surface area contributed by atoms with Crippen LogP contribution in [0.4, 0.5) is 0 Å². The average molecular weight is 258 g/mol. The summed E-state index contributed by atoms with van der Waals surface area (Å²) < 4.78 is 1.70. The van der Waals surface area contributed by atoms with Gasteiger partial charge in [0.05, 0.1) is 12.5 Å². The first-order chi connectivity index (χ1) is 7.86. The quantitative estimate of drug-likeness (QED) is 0.841. The van der Waals surface area contributed by atoms with Crippen molar-refractivity contribution >= 4 is 17.5 Å². The second-order valence-electron chi connectivity index (χ2n) is 5.26. The second kappa shape index (κ2) is 5.54. The van der Waals surface area contributed by atoms with Crippen molar-refractivity contribution in [3.8, 4) is 0 Å². The van der Waals surface area contributed by atoms with Crippen LogP contribution in [0.1, 0.15) is 37.7 Å². The van der Waals surface area contributed by atoms with Gasteiger partial charge in [0.25, 0.3) is 5.91 Å². The van der Waals surface area contributed by atoms with E-state index in [4.69, 9.17) is 11.6 Å². The lowest BCUT2D eigenvalue weighted by Crippen LogP contribution is -2.44. The second-order valence-corrected chi connectivity index (χ2v) is 5.64. The van der Waals surface area contributed by atoms with Crippen LogP contribution < -0.4 is 5.32 Å². The molecule has 1 aromatic heterocycles. The van der Waals surface area contributed by atoms with E-state index in [9.17, 15) is 4.79 Å². The molecular weight excluding hydrogens is 238 g/mol. The Morgan fingerprint density at radius 3 is 2.65 bits per heavy atom. The van der Waals surface area contributed by atoms with Crippen LogP contribution in [0.25, 0.3) is 0 Å². The van der Waals surface area contributed by atoms with Crippen molar-refractivity contribution in [2.75, 3.05) is 5.88 Å². The number of nitrogens with zero attached hydrogens (tertiary/aromatic N) is 2. The lowest BCUT2D eigenvalue weighted by atomic mass is 9.85. The van der Waals surface area contributed by atoms with E-state index in [-0.39, 0.29) is 17.4 Å². The monoisotopic (exact) mass is 257 g/mol. The van der Waals surface area contributed by atoms with Crippen LogP contribution in [0.3, 0.4) is 0 Å². The van der Waals surface area contributed by atoms with Crippen LogP contribution in [0.15, 0.2) is 12.5 Å². The highest BCUT2D eigenvalue weighted by atomic mass is 35.5. The van der Waals surface area contributed by atoms with Gasteiger partial charge in [-0.25, -0.2) is 4.98 Å². The number of hydrogen-bond donors (Lipinski definition) is 1. The first-order valence-corrected chi connectivity index (χ1v) is 6.23. The fourth-order valence-corrected chi connectivity index (χ4v) is 1.86. The van der Waals surface area contributed by atoms with Crippen molar-refractivity contribution in [1.29, 1.82) is 0 Å². The molecule has 0 aliphatic carbocycles. The van der Waals surface area contributed by atoms with Gasteiger partial charge in [-0.3, -0.25) is 4.79 Å². The lowest BCUT2D eigenvalue weighted by Gasteiger charge is -2.31. The summed E-state index contributed by atoms with van der Waals surface area (Å²) in [6.45, 7) is 6.27. The van der Waals surface area contributed by atoms with E-state index in [1.54, 1.807) is 24.1 Å². The van der Waals surface area contributed by atoms with Crippen molar-refractivity contribution in [2.45, 2.75) is 33.2 Å². The van der Waals surface area contributed by atoms with Gasteiger partial charge in [-0.05, 0) is 11.8 Å². The smallest absolute Gasteiger partial charge is 0.269 e. The molecule has 1 rings (SSSR count). The SMILES string of the molecule is Cn1cncc1C(=O)NC(CCCl)C(C)(C)C. The average Bonchev–Trinajstić information content (AvgIpc) is 2.62. The third kappa shape index (κ3) is 3.73. The molecule has 0 aliphatic rings. The highest BCUT2D eigenvalue weighted by Crippen LogP contribution is 2.22. The fraction of sp³-hybridized carbons (Fsp3) is 0.667. The molecule has 1 amide bonds. The van der Waals surface area contributed by atoms with Gasteiger partial charge in [0, 0.05) is 19.0 Å². The zero-order valence-corrected chi connectivity index (χ0v) is 11.6. The van der Waals surface area contributed by atoms with Crippen LogP contribution in [-0.4, -0.2) is 27.4 Å². The van der Waals surface area contributed by atoms with Crippen molar-refractivity contribution in [3.63, 3.8) is 0 Å². The van der Waals surface area contributed by atoms with Crippen LogP contribution in [0, 0.1) is 5.41 Å². The molecule has 0 radical (unpaired) electrons. The Labute approximate surface area is 107 Å². The number of carbonyl (C=O) groups is 1. The Morgan fingerprint density at radius 2 is 2.24 bits per heavy atom. The molecule has 0 saturated carbocycles. The molecule has 4 nitrogen and oxygen atoms in total. The van der Waals surface area contributed by atoms with E-state index in [1.165, 1.54) is 0 Å². The van der Waals surface area contributed by atoms with E-state index in [2.05, 4.69) is 31.1 Å². The molecule has 1 N–H and O–H groups in total. The number of rotatable bonds is 4. The minimum atomic E-state index is -0.102. The summed E-state index contributed by atoms with van der Waals surface area (Å²) in [6.07, 6.45) is 3.94. The summed E-state index contributed by atoms with van der Waals surface area (Å²) in [4.78, 5) is 16.0. The zero-order chi connectivity index (χ0) is 13.1. The zero-order valence-electron chi connectivity index (χ0n) is 10.8. The van der Waals surface area contributed by atoms with Gasteiger partial charge in [0.15, 0.2) is 0 Å². The molecule has 5 heteroatoms. The van der Waals surface area contributed by atoms with Crippen LogP contribution >= 0.6 is 11.6 Å². The number of amides is 1. The Kier molecular flexibility index (Phi) is 4.57. The predicted molar refractivity (Wildman–Crippen MR) is 69.3 cm³/mol. The molecule has 0 saturated heterocycles. The van der Waals surface area contributed by atoms with E-state index in [1.807, 2.05) is 0 Å². The van der Waals surface area contributed by atoms with Crippen molar-refractivity contribution in [1.82, 2.24) is 14.9 Å². The van der Waals surface area contributed by atoms with Crippen LogP contribution in [0.2, 0.25) is 0 Å². The Balaban J connectivity index is 2.75. The van der Waals surface area contributed by atoms with Crippen molar-refractivity contribution in [2.24, 2.45) is 12.5 Å². The van der Waals surface area contributed by atoms with E-state index in [0.717, 1.165) is 6.42 Å². The van der Waals surface area contributed by atoms with Gasteiger partial charge in [-0.15, -0.1) is 11.6 Å². The number of hydrogen-bond acceptors (Lipinski definition) is 2. The highest BCUT2D eigenvalue weighted by molar-refractivity contribution is 6.17. The predicted octanol–water partition coefficient (Wildman–Crippen LogP) is 2.19. The third-order valence-corrected chi connectivity index (χ3v) is 3.02. The fourth-order valence-electron chi connectivity index (χ4n) is 1.64. The van der Waals surface area contributed by atoms with Crippen LogP contribution in [0.5, 0.6) is 0 Å².